The van der Waals surface area contributed by atoms with Crippen LogP contribution in [0.5, 0.6) is 0 Å². The molecule has 2 rings (SSSR count). The number of halogens is 2. The predicted molar refractivity (Wildman–Crippen MR) is 65.2 cm³/mol. The summed E-state index contributed by atoms with van der Waals surface area (Å²) in [4.78, 5) is 1.10. The molecule has 0 saturated carbocycles. The van der Waals surface area contributed by atoms with Gasteiger partial charge in [-0.15, -0.1) is 28.0 Å². The number of hydrogen-bond donors (Lipinski definition) is 1. The number of rotatable bonds is 4. The lowest BCUT2D eigenvalue weighted by Crippen LogP contribution is -1.97. The molecule has 4 nitrogen and oxygen atoms in total. The van der Waals surface area contributed by atoms with Gasteiger partial charge in [0, 0.05) is 4.88 Å². The van der Waals surface area contributed by atoms with Crippen LogP contribution in [0, 0.1) is 0 Å². The molecule has 0 aliphatic rings. The summed E-state index contributed by atoms with van der Waals surface area (Å²) in [5.41, 5.74) is 0. The summed E-state index contributed by atoms with van der Waals surface area (Å²) in [5, 5.41) is 10.3. The molecule has 0 spiro atoms. The molecule has 0 amide bonds. The van der Waals surface area contributed by atoms with E-state index in [0.29, 0.717) is 18.5 Å². The lowest BCUT2D eigenvalue weighted by molar-refractivity contribution is 0.506. The Bertz CT molecular complexity index is 469. The highest BCUT2D eigenvalue weighted by Gasteiger charge is 2.10. The average Bonchev–Trinajstić information content (AvgIpc) is 2.83. The monoisotopic (exact) mass is 277 g/mol. The maximum Gasteiger partial charge on any atom is 0.315 e. The molecule has 0 radical (unpaired) electrons. The molecule has 1 N–H and O–H groups in total. The van der Waals surface area contributed by atoms with Crippen LogP contribution in [-0.2, 0) is 6.54 Å². The maximum atomic E-state index is 5.81. The van der Waals surface area contributed by atoms with Gasteiger partial charge in [0.25, 0.3) is 0 Å². The summed E-state index contributed by atoms with van der Waals surface area (Å²) >= 11 is 13.1. The van der Waals surface area contributed by atoms with Crippen molar-refractivity contribution in [2.45, 2.75) is 18.8 Å². The first-order valence-electron chi connectivity index (χ1n) is 4.60. The van der Waals surface area contributed by atoms with Crippen molar-refractivity contribution in [2.24, 2.45) is 0 Å². The van der Waals surface area contributed by atoms with E-state index >= 15 is 0 Å². The Balaban J connectivity index is 1.94. The van der Waals surface area contributed by atoms with Gasteiger partial charge < -0.3 is 9.73 Å². The summed E-state index contributed by atoms with van der Waals surface area (Å²) in [6.07, 6.45) is 0. The first-order chi connectivity index (χ1) is 7.65. The van der Waals surface area contributed by atoms with Crippen LogP contribution in [0.3, 0.4) is 0 Å². The topological polar surface area (TPSA) is 51.0 Å². The van der Waals surface area contributed by atoms with Gasteiger partial charge in [0.15, 0.2) is 0 Å². The summed E-state index contributed by atoms with van der Waals surface area (Å²) < 4.78 is 6.04. The van der Waals surface area contributed by atoms with E-state index in [2.05, 4.69) is 15.5 Å². The van der Waals surface area contributed by atoms with Crippen LogP contribution in [0.1, 0.15) is 23.1 Å². The Labute approximate surface area is 107 Å². The van der Waals surface area contributed by atoms with Crippen molar-refractivity contribution in [2.75, 3.05) is 5.32 Å². The van der Waals surface area contributed by atoms with E-state index < -0.39 is 0 Å². The number of aromatic nitrogens is 2. The van der Waals surface area contributed by atoms with Gasteiger partial charge >= 0.3 is 6.01 Å². The van der Waals surface area contributed by atoms with E-state index in [4.69, 9.17) is 27.6 Å². The fraction of sp³-hybridized carbons (Fsp3) is 0.333. The average molecular weight is 278 g/mol. The second-order valence-electron chi connectivity index (χ2n) is 3.12. The van der Waals surface area contributed by atoms with Crippen LogP contribution in [0.15, 0.2) is 16.5 Å². The van der Waals surface area contributed by atoms with Gasteiger partial charge in [0.05, 0.1) is 10.9 Å². The zero-order chi connectivity index (χ0) is 11.5. The first kappa shape index (κ1) is 11.7. The van der Waals surface area contributed by atoms with Gasteiger partial charge in [-0.2, -0.15) is 0 Å². The standard InChI is InChI=1S/C9H9Cl2N3OS/c1-5(10)8-13-14-9(15-8)12-4-6-2-3-7(11)16-6/h2-3,5H,4H2,1H3,(H,12,14). The van der Waals surface area contributed by atoms with Crippen molar-refractivity contribution in [1.29, 1.82) is 0 Å². The molecule has 2 aromatic heterocycles. The van der Waals surface area contributed by atoms with Crippen molar-refractivity contribution in [3.8, 4) is 0 Å². The van der Waals surface area contributed by atoms with Gasteiger partial charge in [-0.25, -0.2) is 0 Å². The van der Waals surface area contributed by atoms with Crippen molar-refractivity contribution in [1.82, 2.24) is 10.2 Å². The molecular formula is C9H9Cl2N3OS. The third kappa shape index (κ3) is 2.87. The molecule has 1 unspecified atom stereocenters. The number of anilines is 1. The minimum absolute atomic E-state index is 0.278. The van der Waals surface area contributed by atoms with Crippen molar-refractivity contribution in [3.63, 3.8) is 0 Å². The van der Waals surface area contributed by atoms with Gasteiger partial charge in [-0.3, -0.25) is 0 Å². The molecule has 2 aromatic rings. The Hall–Kier alpha value is -0.780. The number of nitrogens with zero attached hydrogens (tertiary/aromatic N) is 2. The lowest BCUT2D eigenvalue weighted by Gasteiger charge is -1.97. The Kier molecular flexibility index (Phi) is 3.68. The number of thiophene rings is 1. The molecule has 1 atom stereocenters. The molecular weight excluding hydrogens is 269 g/mol. The second-order valence-corrected chi connectivity index (χ2v) is 5.58. The van der Waals surface area contributed by atoms with Crippen LogP contribution in [-0.4, -0.2) is 10.2 Å². The largest absolute Gasteiger partial charge is 0.406 e. The van der Waals surface area contributed by atoms with E-state index in [9.17, 15) is 0 Å². The summed E-state index contributed by atoms with van der Waals surface area (Å²) in [7, 11) is 0. The third-order valence-electron chi connectivity index (χ3n) is 1.82. The van der Waals surface area contributed by atoms with Gasteiger partial charge in [0.1, 0.15) is 5.38 Å². The molecule has 0 aromatic carbocycles. The Morgan fingerprint density at radius 3 is 2.88 bits per heavy atom. The van der Waals surface area contributed by atoms with Gasteiger partial charge in [-0.1, -0.05) is 16.7 Å². The fourth-order valence-corrected chi connectivity index (χ4v) is 2.19. The molecule has 86 valence electrons. The van der Waals surface area contributed by atoms with E-state index in [1.54, 1.807) is 6.92 Å². The zero-order valence-electron chi connectivity index (χ0n) is 8.41. The molecule has 0 fully saturated rings. The fourth-order valence-electron chi connectivity index (χ4n) is 1.08. The number of alkyl halides is 1. The van der Waals surface area contributed by atoms with E-state index in [1.807, 2.05) is 12.1 Å². The van der Waals surface area contributed by atoms with Crippen LogP contribution < -0.4 is 5.32 Å². The van der Waals surface area contributed by atoms with E-state index in [-0.39, 0.29) is 5.38 Å². The minimum Gasteiger partial charge on any atom is -0.406 e. The Morgan fingerprint density at radius 2 is 2.31 bits per heavy atom. The van der Waals surface area contributed by atoms with E-state index in [0.717, 1.165) is 9.21 Å². The SMILES string of the molecule is CC(Cl)c1nnc(NCc2ccc(Cl)s2)o1. The van der Waals surface area contributed by atoms with Gasteiger partial charge in [0.2, 0.25) is 5.89 Å². The predicted octanol–water partition coefficient (Wildman–Crippen LogP) is 3.70. The highest BCUT2D eigenvalue weighted by Crippen LogP contribution is 2.23. The van der Waals surface area contributed by atoms with Crippen molar-refractivity contribution in [3.05, 3.63) is 27.2 Å². The highest BCUT2D eigenvalue weighted by molar-refractivity contribution is 7.16. The summed E-state index contributed by atoms with van der Waals surface area (Å²) in [5.74, 6) is 0.411. The van der Waals surface area contributed by atoms with Crippen LogP contribution >= 0.6 is 34.5 Å². The third-order valence-corrected chi connectivity index (χ3v) is 3.24. The maximum absolute atomic E-state index is 5.81. The second kappa shape index (κ2) is 5.03. The molecule has 0 saturated heterocycles. The number of hydrogen-bond acceptors (Lipinski definition) is 5. The Morgan fingerprint density at radius 1 is 1.50 bits per heavy atom. The molecule has 0 aliphatic heterocycles. The first-order valence-corrected chi connectivity index (χ1v) is 6.24. The molecule has 2 heterocycles. The smallest absolute Gasteiger partial charge is 0.315 e. The summed E-state index contributed by atoms with van der Waals surface area (Å²) in [6, 6.07) is 4.16. The molecule has 16 heavy (non-hydrogen) atoms. The molecule has 0 aliphatic carbocycles. The van der Waals surface area contributed by atoms with Crippen molar-refractivity contribution >= 4 is 40.6 Å². The normalized spacial score (nSPS) is 12.7. The highest BCUT2D eigenvalue weighted by atomic mass is 35.5. The van der Waals surface area contributed by atoms with Crippen LogP contribution in [0.25, 0.3) is 0 Å². The van der Waals surface area contributed by atoms with E-state index in [1.165, 1.54) is 11.3 Å². The lowest BCUT2D eigenvalue weighted by atomic mass is 10.5. The zero-order valence-corrected chi connectivity index (χ0v) is 10.7. The van der Waals surface area contributed by atoms with Crippen LogP contribution in [0.2, 0.25) is 4.34 Å². The molecule has 0 bridgehead atoms. The quantitative estimate of drug-likeness (QED) is 0.866. The van der Waals surface area contributed by atoms with Gasteiger partial charge in [-0.05, 0) is 19.1 Å². The van der Waals surface area contributed by atoms with Crippen LogP contribution in [0.4, 0.5) is 6.01 Å². The minimum atomic E-state index is -0.278. The van der Waals surface area contributed by atoms with Crippen molar-refractivity contribution < 1.29 is 4.42 Å². The summed E-state index contributed by atoms with van der Waals surface area (Å²) in [6.45, 7) is 2.38. The molecule has 7 heteroatoms. The number of nitrogens with one attached hydrogen (secondary N) is 1.